The van der Waals surface area contributed by atoms with Crippen LogP contribution in [0.2, 0.25) is 0 Å². The molecular weight excluding hydrogens is 352 g/mol. The summed E-state index contributed by atoms with van der Waals surface area (Å²) in [6.07, 6.45) is 0.353. The average Bonchev–Trinajstić information content (AvgIpc) is 3.01. The van der Waals surface area contributed by atoms with Crippen molar-refractivity contribution in [1.82, 2.24) is 5.16 Å². The molecule has 3 aromatic rings. The van der Waals surface area contributed by atoms with Crippen molar-refractivity contribution < 1.29 is 14.1 Å². The molecule has 5 heteroatoms. The number of likely N-dealkylation sites (N-methyl/N-ethyl adjacent to an activating group) is 1. The van der Waals surface area contributed by atoms with E-state index >= 15 is 0 Å². The molecule has 0 aliphatic heterocycles. The molecule has 0 saturated heterocycles. The van der Waals surface area contributed by atoms with Gasteiger partial charge in [0.15, 0.2) is 0 Å². The summed E-state index contributed by atoms with van der Waals surface area (Å²) in [5.74, 6) is 1.61. The lowest BCUT2D eigenvalue weighted by Gasteiger charge is -2.23. The topological polar surface area (TPSA) is 55.6 Å². The van der Waals surface area contributed by atoms with Gasteiger partial charge in [-0.15, -0.1) is 0 Å². The molecule has 3 rings (SSSR count). The number of aryl methyl sites for hydroxylation is 3. The number of rotatable bonds is 7. The fraction of sp³-hybridized carbons (Fsp3) is 0.304. The van der Waals surface area contributed by atoms with E-state index in [0.717, 1.165) is 39.6 Å². The first-order chi connectivity index (χ1) is 13.5. The number of hydrogen-bond donors (Lipinski definition) is 0. The van der Waals surface area contributed by atoms with E-state index in [9.17, 15) is 4.79 Å². The molecule has 0 atom stereocenters. The van der Waals surface area contributed by atoms with Crippen LogP contribution in [0.5, 0.6) is 5.75 Å². The zero-order chi connectivity index (χ0) is 20.1. The Morgan fingerprint density at radius 3 is 2.39 bits per heavy atom. The fourth-order valence-electron chi connectivity index (χ4n) is 3.18. The van der Waals surface area contributed by atoms with Crippen molar-refractivity contribution in [1.29, 1.82) is 0 Å². The number of nitrogens with zero attached hydrogens (tertiary/aromatic N) is 2. The quantitative estimate of drug-likeness (QED) is 0.594. The van der Waals surface area contributed by atoms with Crippen LogP contribution in [0.25, 0.3) is 0 Å². The van der Waals surface area contributed by atoms with Crippen LogP contribution in [0.4, 0.5) is 5.69 Å². The highest BCUT2D eigenvalue weighted by atomic mass is 16.5. The second-order valence-corrected chi connectivity index (χ2v) is 6.84. The third kappa shape index (κ3) is 4.42. The number of aromatic nitrogens is 1. The van der Waals surface area contributed by atoms with E-state index in [2.05, 4.69) is 5.16 Å². The molecule has 1 heterocycles. The van der Waals surface area contributed by atoms with E-state index in [1.54, 1.807) is 0 Å². The number of anilines is 1. The minimum absolute atomic E-state index is 0.0844. The zero-order valence-corrected chi connectivity index (χ0v) is 16.9. The predicted molar refractivity (Wildman–Crippen MR) is 110 cm³/mol. The van der Waals surface area contributed by atoms with Crippen LogP contribution in [0.15, 0.2) is 53.1 Å². The Morgan fingerprint density at radius 1 is 1.07 bits per heavy atom. The summed E-state index contributed by atoms with van der Waals surface area (Å²) >= 11 is 0. The van der Waals surface area contributed by atoms with Crippen LogP contribution in [0.1, 0.15) is 35.1 Å². The van der Waals surface area contributed by atoms with E-state index < -0.39 is 0 Å². The molecule has 0 fully saturated rings. The maximum absolute atomic E-state index is 12.8. The van der Waals surface area contributed by atoms with E-state index in [4.69, 9.17) is 9.26 Å². The Kier molecular flexibility index (Phi) is 6.14. The van der Waals surface area contributed by atoms with Crippen molar-refractivity contribution in [2.45, 2.75) is 40.7 Å². The van der Waals surface area contributed by atoms with Crippen LogP contribution in [0.3, 0.4) is 0 Å². The van der Waals surface area contributed by atoms with Crippen molar-refractivity contribution in [3.05, 3.63) is 76.7 Å². The number of hydrogen-bond acceptors (Lipinski definition) is 4. The summed E-state index contributed by atoms with van der Waals surface area (Å²) in [6.45, 7) is 8.85. The Hall–Kier alpha value is -3.08. The Labute approximate surface area is 165 Å². The van der Waals surface area contributed by atoms with Crippen LogP contribution < -0.4 is 9.64 Å². The molecule has 0 radical (unpaired) electrons. The summed E-state index contributed by atoms with van der Waals surface area (Å²) in [4.78, 5) is 14.6. The molecule has 1 amide bonds. The van der Waals surface area contributed by atoms with Gasteiger partial charge in [0.05, 0.1) is 17.7 Å². The molecular formula is C23H26N2O3. The minimum Gasteiger partial charge on any atom is -0.489 e. The maximum atomic E-state index is 12.8. The number of carbonyl (C=O) groups is 1. The van der Waals surface area contributed by atoms with Gasteiger partial charge < -0.3 is 14.2 Å². The van der Waals surface area contributed by atoms with Crippen molar-refractivity contribution in [2.24, 2.45) is 0 Å². The number of ether oxygens (including phenoxy) is 1. The van der Waals surface area contributed by atoms with Gasteiger partial charge >= 0.3 is 0 Å². The van der Waals surface area contributed by atoms with Gasteiger partial charge in [-0.05, 0) is 57.0 Å². The fourth-order valence-corrected chi connectivity index (χ4v) is 3.18. The number of amides is 1. The van der Waals surface area contributed by atoms with Crippen molar-refractivity contribution in [2.75, 3.05) is 11.4 Å². The standard InChI is InChI=1S/C23H26N2O3/c1-5-25(22-9-7-6-8-16(22)2)23(26)14-19-10-12-20(13-11-19)27-15-21-17(3)24-28-18(21)4/h6-13H,5,14-15H2,1-4H3. The summed E-state index contributed by atoms with van der Waals surface area (Å²) < 4.78 is 11.0. The third-order valence-corrected chi connectivity index (χ3v) is 4.87. The molecule has 28 heavy (non-hydrogen) atoms. The average molecular weight is 378 g/mol. The van der Waals surface area contributed by atoms with E-state index in [1.165, 1.54) is 0 Å². The molecule has 0 unspecified atom stereocenters. The predicted octanol–water partition coefficient (Wildman–Crippen LogP) is 4.77. The summed E-state index contributed by atoms with van der Waals surface area (Å²) in [5.41, 5.74) is 4.84. The minimum atomic E-state index is 0.0844. The second kappa shape index (κ2) is 8.74. The smallest absolute Gasteiger partial charge is 0.231 e. The highest BCUT2D eigenvalue weighted by Crippen LogP contribution is 2.22. The monoisotopic (exact) mass is 378 g/mol. The molecule has 0 saturated carbocycles. The molecule has 0 spiro atoms. The maximum Gasteiger partial charge on any atom is 0.231 e. The first-order valence-corrected chi connectivity index (χ1v) is 9.49. The van der Waals surface area contributed by atoms with Crippen LogP contribution in [0, 0.1) is 20.8 Å². The molecule has 146 valence electrons. The zero-order valence-electron chi connectivity index (χ0n) is 16.9. The number of carbonyl (C=O) groups excluding carboxylic acids is 1. The summed E-state index contributed by atoms with van der Waals surface area (Å²) in [5, 5.41) is 3.93. The van der Waals surface area contributed by atoms with Gasteiger partial charge in [0.2, 0.25) is 5.91 Å². The normalized spacial score (nSPS) is 10.7. The molecule has 2 aromatic carbocycles. The second-order valence-electron chi connectivity index (χ2n) is 6.84. The lowest BCUT2D eigenvalue weighted by molar-refractivity contribution is -0.117. The summed E-state index contributed by atoms with van der Waals surface area (Å²) in [6, 6.07) is 15.6. The molecule has 0 aliphatic rings. The lowest BCUT2D eigenvalue weighted by atomic mass is 10.1. The van der Waals surface area contributed by atoms with Crippen LogP contribution >= 0.6 is 0 Å². The molecule has 0 bridgehead atoms. The van der Waals surface area contributed by atoms with Gasteiger partial charge in [0.1, 0.15) is 18.1 Å². The first-order valence-electron chi connectivity index (χ1n) is 9.49. The molecule has 5 nitrogen and oxygen atoms in total. The number of benzene rings is 2. The van der Waals surface area contributed by atoms with Gasteiger partial charge in [-0.1, -0.05) is 35.5 Å². The van der Waals surface area contributed by atoms with E-state index in [1.807, 2.05) is 81.1 Å². The van der Waals surface area contributed by atoms with Gasteiger partial charge in [0.25, 0.3) is 0 Å². The number of para-hydroxylation sites is 1. The van der Waals surface area contributed by atoms with Crippen molar-refractivity contribution >= 4 is 11.6 Å². The lowest BCUT2D eigenvalue weighted by Crippen LogP contribution is -2.32. The molecule has 0 N–H and O–H groups in total. The first kappa shape index (κ1) is 19.7. The van der Waals surface area contributed by atoms with Crippen molar-refractivity contribution in [3.8, 4) is 5.75 Å². The molecule has 0 aliphatic carbocycles. The highest BCUT2D eigenvalue weighted by molar-refractivity contribution is 5.95. The van der Waals surface area contributed by atoms with E-state index in [-0.39, 0.29) is 5.91 Å². The van der Waals surface area contributed by atoms with Gasteiger partial charge in [-0.2, -0.15) is 0 Å². The largest absolute Gasteiger partial charge is 0.489 e. The Bertz CT molecular complexity index is 925. The molecule has 1 aromatic heterocycles. The summed E-state index contributed by atoms with van der Waals surface area (Å²) in [7, 11) is 0. The van der Waals surface area contributed by atoms with E-state index in [0.29, 0.717) is 19.6 Å². The Morgan fingerprint density at radius 2 is 1.79 bits per heavy atom. The van der Waals surface area contributed by atoms with Gasteiger partial charge in [-0.25, -0.2) is 0 Å². The Balaban J connectivity index is 1.63. The van der Waals surface area contributed by atoms with Crippen LogP contribution in [-0.4, -0.2) is 17.6 Å². The SMILES string of the molecule is CCN(C(=O)Cc1ccc(OCc2c(C)noc2C)cc1)c1ccccc1C. The van der Waals surface area contributed by atoms with Crippen molar-refractivity contribution in [3.63, 3.8) is 0 Å². The van der Waals surface area contributed by atoms with Gasteiger partial charge in [-0.3, -0.25) is 4.79 Å². The third-order valence-electron chi connectivity index (χ3n) is 4.87. The van der Waals surface area contributed by atoms with Gasteiger partial charge in [0, 0.05) is 12.2 Å². The van der Waals surface area contributed by atoms with Crippen LogP contribution in [-0.2, 0) is 17.8 Å². The highest BCUT2D eigenvalue weighted by Gasteiger charge is 2.16.